The maximum atomic E-state index is 11.9. The molecule has 1 saturated heterocycles. The molecule has 0 spiro atoms. The predicted molar refractivity (Wildman–Crippen MR) is 109 cm³/mol. The van der Waals surface area contributed by atoms with Crippen LogP contribution in [0.5, 0.6) is 0 Å². The summed E-state index contributed by atoms with van der Waals surface area (Å²) in [6.45, 7) is 1.70. The number of nitrogens with one attached hydrogen (secondary N) is 1. The number of halogens is 2. The van der Waals surface area contributed by atoms with Crippen LogP contribution in [0, 0.1) is 0 Å². The number of nitrogens with zero attached hydrogens (tertiary/aromatic N) is 4. The maximum absolute atomic E-state index is 11.9. The quantitative estimate of drug-likeness (QED) is 0.643. The molecule has 1 aliphatic heterocycles. The first kappa shape index (κ1) is 18.1. The van der Waals surface area contributed by atoms with E-state index in [1.807, 2.05) is 12.1 Å². The van der Waals surface area contributed by atoms with Crippen LogP contribution in [-0.2, 0) is 0 Å². The number of hydrogen-bond acceptors (Lipinski definition) is 5. The van der Waals surface area contributed by atoms with E-state index in [0.29, 0.717) is 26.8 Å². The second-order valence-corrected chi connectivity index (χ2v) is 7.39. The van der Waals surface area contributed by atoms with E-state index in [1.165, 1.54) is 6.20 Å². The van der Waals surface area contributed by atoms with Gasteiger partial charge in [-0.1, -0.05) is 23.7 Å². The van der Waals surface area contributed by atoms with Crippen LogP contribution in [0.15, 0.2) is 40.1 Å². The molecule has 3 aromatic rings. The number of fused-ring (bicyclic) bond motifs is 1. The number of imidazole rings is 1. The van der Waals surface area contributed by atoms with Crippen molar-refractivity contribution in [2.24, 2.45) is 10.7 Å². The Bertz CT molecular complexity index is 1050. The zero-order valence-corrected chi connectivity index (χ0v) is 16.6. The van der Waals surface area contributed by atoms with Gasteiger partial charge in [0.1, 0.15) is 16.0 Å². The van der Waals surface area contributed by atoms with E-state index in [9.17, 15) is 4.79 Å². The van der Waals surface area contributed by atoms with Gasteiger partial charge in [-0.3, -0.25) is 9.20 Å². The van der Waals surface area contributed by atoms with E-state index in [2.05, 4.69) is 31.2 Å². The molecule has 4 rings (SSSR count). The van der Waals surface area contributed by atoms with Crippen molar-refractivity contribution < 1.29 is 4.79 Å². The van der Waals surface area contributed by atoms with Crippen LogP contribution in [0.2, 0.25) is 5.02 Å². The van der Waals surface area contributed by atoms with Crippen molar-refractivity contribution in [1.82, 2.24) is 19.7 Å². The van der Waals surface area contributed by atoms with Gasteiger partial charge in [-0.05, 0) is 47.4 Å². The van der Waals surface area contributed by atoms with Gasteiger partial charge in [0, 0.05) is 22.8 Å². The molecule has 1 aromatic carbocycles. The van der Waals surface area contributed by atoms with Crippen LogP contribution in [0.25, 0.3) is 16.9 Å². The van der Waals surface area contributed by atoms with E-state index >= 15 is 0 Å². The molecule has 0 radical (unpaired) electrons. The van der Waals surface area contributed by atoms with Crippen molar-refractivity contribution in [1.29, 1.82) is 0 Å². The van der Waals surface area contributed by atoms with Gasteiger partial charge in [0.25, 0.3) is 5.91 Å². The third-order valence-corrected chi connectivity index (χ3v) is 5.34. The third-order valence-electron chi connectivity index (χ3n) is 4.35. The Morgan fingerprint density at radius 1 is 1.33 bits per heavy atom. The molecule has 0 aliphatic carbocycles. The van der Waals surface area contributed by atoms with Crippen LogP contribution in [0.4, 0.5) is 5.82 Å². The first-order valence-corrected chi connectivity index (χ1v) is 9.61. The zero-order chi connectivity index (χ0) is 19.0. The first-order valence-electron chi connectivity index (χ1n) is 8.44. The summed E-state index contributed by atoms with van der Waals surface area (Å²) in [6, 6.07) is 7.30. The number of carbonyl (C=O) groups is 1. The third kappa shape index (κ3) is 3.47. The second kappa shape index (κ2) is 7.38. The predicted octanol–water partition coefficient (Wildman–Crippen LogP) is 3.37. The molecule has 138 valence electrons. The maximum Gasteiger partial charge on any atom is 0.267 e. The normalized spacial score (nSPS) is 16.1. The van der Waals surface area contributed by atoms with Gasteiger partial charge in [-0.15, -0.1) is 0 Å². The fourth-order valence-corrected chi connectivity index (χ4v) is 3.84. The molecule has 0 saturated carbocycles. The van der Waals surface area contributed by atoms with Crippen LogP contribution in [0.1, 0.15) is 23.3 Å². The molecule has 7 nitrogen and oxygen atoms in total. The SMILES string of the molecule is NC(=O)c1cnc(N=C2CCCNC2)c2nc(-c3ccc(Cl)cc3)c(Br)n12. The molecule has 0 bridgehead atoms. The molecule has 2 aromatic heterocycles. The van der Waals surface area contributed by atoms with E-state index in [-0.39, 0.29) is 5.69 Å². The minimum absolute atomic E-state index is 0.232. The van der Waals surface area contributed by atoms with E-state index in [1.54, 1.807) is 16.5 Å². The second-order valence-electron chi connectivity index (χ2n) is 6.21. The average Bonchev–Trinajstić information content (AvgIpc) is 3.01. The van der Waals surface area contributed by atoms with Crippen molar-refractivity contribution >= 4 is 50.6 Å². The summed E-state index contributed by atoms with van der Waals surface area (Å²) in [5.74, 6) is -0.133. The van der Waals surface area contributed by atoms with Gasteiger partial charge in [-0.2, -0.15) is 0 Å². The van der Waals surface area contributed by atoms with Crippen LogP contribution >= 0.6 is 27.5 Å². The number of piperidine rings is 1. The lowest BCUT2D eigenvalue weighted by Gasteiger charge is -2.14. The Balaban J connectivity index is 1.93. The van der Waals surface area contributed by atoms with Gasteiger partial charge in [0.15, 0.2) is 11.5 Å². The molecular formula is C18H16BrClN6O. The molecule has 1 amide bonds. The molecule has 3 N–H and O–H groups in total. The Kier molecular flexibility index (Phi) is 4.94. The van der Waals surface area contributed by atoms with Crippen LogP contribution in [-0.4, -0.2) is 39.1 Å². The highest BCUT2D eigenvalue weighted by Crippen LogP contribution is 2.33. The highest BCUT2D eigenvalue weighted by molar-refractivity contribution is 9.10. The fourth-order valence-electron chi connectivity index (χ4n) is 3.04. The highest BCUT2D eigenvalue weighted by atomic mass is 79.9. The van der Waals surface area contributed by atoms with Gasteiger partial charge < -0.3 is 11.1 Å². The average molecular weight is 448 g/mol. The summed E-state index contributed by atoms with van der Waals surface area (Å²) in [5.41, 5.74) is 8.76. The molecular weight excluding hydrogens is 432 g/mol. The standard InChI is InChI=1S/C18H16BrClN6O/c19-15-14(10-3-5-11(20)6-4-10)25-18-17(24-12-2-1-7-22-8-12)23-9-13(16(21)27)26(15)18/h3-6,9,22H,1-2,7-8H2,(H2,21,27). The number of primary amides is 1. The molecule has 27 heavy (non-hydrogen) atoms. The molecule has 0 atom stereocenters. The number of hydrogen-bond donors (Lipinski definition) is 2. The number of amides is 1. The lowest BCUT2D eigenvalue weighted by molar-refractivity contribution is 0.0994. The largest absolute Gasteiger partial charge is 0.364 e. The highest BCUT2D eigenvalue weighted by Gasteiger charge is 2.21. The molecule has 9 heteroatoms. The van der Waals surface area contributed by atoms with Crippen molar-refractivity contribution in [2.45, 2.75) is 12.8 Å². The van der Waals surface area contributed by atoms with Crippen molar-refractivity contribution in [3.8, 4) is 11.3 Å². The number of carbonyl (C=O) groups excluding carboxylic acids is 1. The van der Waals surface area contributed by atoms with Gasteiger partial charge in [0.05, 0.1) is 6.20 Å². The summed E-state index contributed by atoms with van der Waals surface area (Å²) in [6.07, 6.45) is 3.37. The summed E-state index contributed by atoms with van der Waals surface area (Å²) < 4.78 is 2.26. The van der Waals surface area contributed by atoms with Crippen molar-refractivity contribution in [3.63, 3.8) is 0 Å². The van der Waals surface area contributed by atoms with E-state index in [4.69, 9.17) is 22.3 Å². The smallest absolute Gasteiger partial charge is 0.267 e. The lowest BCUT2D eigenvalue weighted by Crippen LogP contribution is -2.29. The minimum atomic E-state index is -0.591. The van der Waals surface area contributed by atoms with Crippen LogP contribution < -0.4 is 11.1 Å². The number of aliphatic imine (C=N–C) groups is 1. The van der Waals surface area contributed by atoms with E-state index in [0.717, 1.165) is 37.2 Å². The number of rotatable bonds is 3. The van der Waals surface area contributed by atoms with Gasteiger partial charge in [0.2, 0.25) is 0 Å². The number of aromatic nitrogens is 3. The lowest BCUT2D eigenvalue weighted by atomic mass is 10.1. The molecule has 0 unspecified atom stereocenters. The van der Waals surface area contributed by atoms with Crippen molar-refractivity contribution in [3.05, 3.63) is 45.8 Å². The van der Waals surface area contributed by atoms with Gasteiger partial charge >= 0.3 is 0 Å². The number of nitrogens with two attached hydrogens (primary N) is 1. The topological polar surface area (TPSA) is 97.7 Å². The Hall–Kier alpha value is -2.29. The Morgan fingerprint density at radius 2 is 2.11 bits per heavy atom. The monoisotopic (exact) mass is 446 g/mol. The van der Waals surface area contributed by atoms with Crippen LogP contribution in [0.3, 0.4) is 0 Å². The zero-order valence-electron chi connectivity index (χ0n) is 14.2. The fraction of sp³-hybridized carbons (Fsp3) is 0.222. The number of benzene rings is 1. The van der Waals surface area contributed by atoms with Gasteiger partial charge in [-0.25, -0.2) is 15.0 Å². The summed E-state index contributed by atoms with van der Waals surface area (Å²) >= 11 is 9.54. The minimum Gasteiger partial charge on any atom is -0.364 e. The Morgan fingerprint density at radius 3 is 2.78 bits per heavy atom. The Labute approximate surface area is 168 Å². The summed E-state index contributed by atoms with van der Waals surface area (Å²) in [7, 11) is 0. The summed E-state index contributed by atoms with van der Waals surface area (Å²) in [5, 5.41) is 3.93. The molecule has 1 aliphatic rings. The van der Waals surface area contributed by atoms with Crippen molar-refractivity contribution in [2.75, 3.05) is 13.1 Å². The molecule has 1 fully saturated rings. The first-order chi connectivity index (χ1) is 13.0. The summed E-state index contributed by atoms with van der Waals surface area (Å²) in [4.78, 5) is 25.6. The molecule has 3 heterocycles. The van der Waals surface area contributed by atoms with E-state index < -0.39 is 5.91 Å².